The second-order valence-electron chi connectivity index (χ2n) is 6.07. The molecule has 0 radical (unpaired) electrons. The molecule has 2 aliphatic heterocycles. The minimum Gasteiger partial charge on any atom is -0.384 e. The van der Waals surface area contributed by atoms with Gasteiger partial charge in [0, 0.05) is 32.6 Å². The van der Waals surface area contributed by atoms with Crippen molar-refractivity contribution >= 4 is 23.6 Å². The normalized spacial score (nSPS) is 27.2. The van der Waals surface area contributed by atoms with Crippen LogP contribution in [0.1, 0.15) is 26.7 Å². The predicted molar refractivity (Wildman–Crippen MR) is 79.6 cm³/mol. The molecule has 2 fully saturated rings. The van der Waals surface area contributed by atoms with Gasteiger partial charge in [-0.15, -0.1) is 11.8 Å². The summed E-state index contributed by atoms with van der Waals surface area (Å²) < 4.78 is 4.74. The van der Waals surface area contributed by atoms with Crippen LogP contribution < -0.4 is 5.32 Å². The molecule has 1 atom stereocenters. The number of piperidine rings is 1. The molecule has 2 heterocycles. The number of nitrogens with one attached hydrogen (secondary N) is 1. The second kappa shape index (κ2) is 6.35. The highest BCUT2D eigenvalue weighted by atomic mass is 32.2. The average Bonchev–Trinajstić information content (AvgIpc) is 2.42. The maximum absolute atomic E-state index is 12.4. The molecule has 2 saturated heterocycles. The van der Waals surface area contributed by atoms with Gasteiger partial charge in [-0.25, -0.2) is 0 Å². The highest BCUT2D eigenvalue weighted by Gasteiger charge is 2.39. The van der Waals surface area contributed by atoms with E-state index in [2.05, 4.69) is 5.32 Å². The number of hydrogen-bond acceptors (Lipinski definition) is 4. The van der Waals surface area contributed by atoms with Gasteiger partial charge in [-0.2, -0.15) is 0 Å². The predicted octanol–water partition coefficient (Wildman–Crippen LogP) is 0.882. The Hall–Kier alpha value is -0.750. The van der Waals surface area contributed by atoms with Gasteiger partial charge in [0.05, 0.1) is 4.75 Å². The molecule has 2 aliphatic rings. The zero-order valence-electron chi connectivity index (χ0n) is 12.5. The van der Waals surface area contributed by atoms with Crippen LogP contribution in [0.5, 0.6) is 0 Å². The molecular weight excluding hydrogens is 276 g/mol. The second-order valence-corrected chi connectivity index (χ2v) is 7.71. The number of thioether (sulfide) groups is 1. The van der Waals surface area contributed by atoms with Gasteiger partial charge in [0.25, 0.3) is 0 Å². The van der Waals surface area contributed by atoms with Crippen molar-refractivity contribution in [2.24, 2.45) is 5.92 Å². The third-order valence-electron chi connectivity index (χ3n) is 4.09. The number of nitrogens with zero attached hydrogens (tertiary/aromatic N) is 1. The van der Waals surface area contributed by atoms with Crippen LogP contribution in [0.25, 0.3) is 0 Å². The molecule has 2 amide bonds. The van der Waals surface area contributed by atoms with Gasteiger partial charge >= 0.3 is 0 Å². The Balaban J connectivity index is 1.85. The highest BCUT2D eigenvalue weighted by molar-refractivity contribution is 8.01. The monoisotopic (exact) mass is 300 g/mol. The summed E-state index contributed by atoms with van der Waals surface area (Å²) >= 11 is 1.56. The van der Waals surface area contributed by atoms with Crippen molar-refractivity contribution in [3.8, 4) is 0 Å². The quantitative estimate of drug-likeness (QED) is 0.841. The Morgan fingerprint density at radius 2 is 2.10 bits per heavy atom. The smallest absolute Gasteiger partial charge is 0.246 e. The van der Waals surface area contributed by atoms with Crippen molar-refractivity contribution < 1.29 is 14.3 Å². The lowest BCUT2D eigenvalue weighted by molar-refractivity contribution is -0.137. The van der Waals surface area contributed by atoms with Crippen LogP contribution >= 0.6 is 11.8 Å². The van der Waals surface area contributed by atoms with Crippen LogP contribution in [0, 0.1) is 5.92 Å². The van der Waals surface area contributed by atoms with Crippen LogP contribution in [0.2, 0.25) is 0 Å². The number of carbonyl (C=O) groups is 2. The summed E-state index contributed by atoms with van der Waals surface area (Å²) in [5, 5.41) is 2.86. The van der Waals surface area contributed by atoms with Crippen LogP contribution in [0.15, 0.2) is 0 Å². The van der Waals surface area contributed by atoms with Gasteiger partial charge < -0.3 is 15.0 Å². The molecule has 5 nitrogen and oxygen atoms in total. The van der Waals surface area contributed by atoms with Crippen LogP contribution in [0.3, 0.4) is 0 Å². The molecule has 0 unspecified atom stereocenters. The van der Waals surface area contributed by atoms with Crippen molar-refractivity contribution in [1.29, 1.82) is 0 Å². The number of likely N-dealkylation sites (tertiary alicyclic amines) is 1. The van der Waals surface area contributed by atoms with E-state index in [1.165, 1.54) is 0 Å². The molecule has 0 aromatic rings. The summed E-state index contributed by atoms with van der Waals surface area (Å²) in [6.45, 7) is 6.10. The average molecular weight is 300 g/mol. The van der Waals surface area contributed by atoms with E-state index in [0.29, 0.717) is 11.7 Å². The van der Waals surface area contributed by atoms with Crippen molar-refractivity contribution in [3.63, 3.8) is 0 Å². The molecule has 0 aromatic carbocycles. The standard InChI is InChI=1S/C14H24N2O3S/c1-14(2)13(18)15-11(9-20-14)12(17)16-6-4-10(5-7-16)8-19-3/h10-11H,4-9H2,1-3H3,(H,15,18)/t11-/m1/s1. The summed E-state index contributed by atoms with van der Waals surface area (Å²) in [5.41, 5.74) is 0. The maximum atomic E-state index is 12.4. The van der Waals surface area contributed by atoms with Gasteiger partial charge in [-0.05, 0) is 32.6 Å². The van der Waals surface area contributed by atoms with Crippen LogP contribution in [-0.4, -0.2) is 60.1 Å². The number of hydrogen-bond donors (Lipinski definition) is 1. The molecule has 0 bridgehead atoms. The Morgan fingerprint density at radius 3 is 2.65 bits per heavy atom. The molecule has 2 rings (SSSR count). The van der Waals surface area contributed by atoms with Gasteiger partial charge in [0.2, 0.25) is 11.8 Å². The maximum Gasteiger partial charge on any atom is 0.246 e. The fourth-order valence-corrected chi connectivity index (χ4v) is 3.64. The largest absolute Gasteiger partial charge is 0.384 e. The first-order valence-electron chi connectivity index (χ1n) is 7.16. The Bertz CT molecular complexity index is 379. The molecular formula is C14H24N2O3S. The molecule has 0 aliphatic carbocycles. The van der Waals surface area contributed by atoms with E-state index in [9.17, 15) is 9.59 Å². The van der Waals surface area contributed by atoms with Gasteiger partial charge in [0.15, 0.2) is 0 Å². The molecule has 0 saturated carbocycles. The number of amides is 2. The lowest BCUT2D eigenvalue weighted by atomic mass is 9.97. The summed E-state index contributed by atoms with van der Waals surface area (Å²) in [7, 11) is 1.72. The number of ether oxygens (including phenoxy) is 1. The van der Waals surface area contributed by atoms with Crippen LogP contribution in [0.4, 0.5) is 0 Å². The minimum atomic E-state index is -0.428. The fourth-order valence-electron chi connectivity index (χ4n) is 2.64. The van der Waals surface area contributed by atoms with Crippen LogP contribution in [-0.2, 0) is 14.3 Å². The van der Waals surface area contributed by atoms with Gasteiger partial charge in [0.1, 0.15) is 6.04 Å². The first-order valence-corrected chi connectivity index (χ1v) is 8.15. The summed E-state index contributed by atoms with van der Waals surface area (Å²) in [6, 6.07) is -0.362. The highest BCUT2D eigenvalue weighted by Crippen LogP contribution is 2.30. The van der Waals surface area contributed by atoms with Gasteiger partial charge in [-0.3, -0.25) is 9.59 Å². The zero-order chi connectivity index (χ0) is 14.8. The van der Waals surface area contributed by atoms with E-state index >= 15 is 0 Å². The third-order valence-corrected chi connectivity index (χ3v) is 5.50. The molecule has 114 valence electrons. The van der Waals surface area contributed by atoms with Crippen molar-refractivity contribution in [2.75, 3.05) is 32.6 Å². The molecule has 20 heavy (non-hydrogen) atoms. The van der Waals surface area contributed by atoms with Gasteiger partial charge in [-0.1, -0.05) is 0 Å². The molecule has 6 heteroatoms. The molecule has 1 N–H and O–H groups in total. The SMILES string of the molecule is COCC1CCN(C(=O)[C@H]2CSC(C)(C)C(=O)N2)CC1. The van der Waals surface area contributed by atoms with E-state index < -0.39 is 4.75 Å². The van der Waals surface area contributed by atoms with E-state index in [1.54, 1.807) is 18.9 Å². The lowest BCUT2D eigenvalue weighted by Gasteiger charge is -2.38. The molecule has 0 spiro atoms. The van der Waals surface area contributed by atoms with Crippen molar-refractivity contribution in [3.05, 3.63) is 0 Å². The summed E-state index contributed by atoms with van der Waals surface area (Å²) in [6.07, 6.45) is 1.97. The number of rotatable bonds is 3. The summed E-state index contributed by atoms with van der Waals surface area (Å²) in [5.74, 6) is 1.24. The Kier molecular flexibility index (Phi) is 4.96. The minimum absolute atomic E-state index is 0.0404. The topological polar surface area (TPSA) is 58.6 Å². The first kappa shape index (κ1) is 15.6. The van der Waals surface area contributed by atoms with E-state index in [-0.39, 0.29) is 17.9 Å². The third kappa shape index (κ3) is 3.47. The fraction of sp³-hybridized carbons (Fsp3) is 0.857. The molecule has 0 aromatic heterocycles. The van der Waals surface area contributed by atoms with E-state index in [4.69, 9.17) is 4.74 Å². The Morgan fingerprint density at radius 1 is 1.45 bits per heavy atom. The van der Waals surface area contributed by atoms with E-state index in [0.717, 1.165) is 32.5 Å². The van der Waals surface area contributed by atoms with Crippen molar-refractivity contribution in [1.82, 2.24) is 10.2 Å². The van der Waals surface area contributed by atoms with Crippen molar-refractivity contribution in [2.45, 2.75) is 37.5 Å². The number of methoxy groups -OCH3 is 1. The number of carbonyl (C=O) groups excluding carboxylic acids is 2. The zero-order valence-corrected chi connectivity index (χ0v) is 13.3. The summed E-state index contributed by atoms with van der Waals surface area (Å²) in [4.78, 5) is 26.3. The van der Waals surface area contributed by atoms with E-state index in [1.807, 2.05) is 18.7 Å². The Labute approximate surface area is 124 Å². The first-order chi connectivity index (χ1) is 9.44. The lowest BCUT2D eigenvalue weighted by Crippen LogP contribution is -2.58.